The molecule has 2 heterocycles. The van der Waals surface area contributed by atoms with E-state index in [0.29, 0.717) is 0 Å². The Morgan fingerprint density at radius 2 is 1.68 bits per heavy atom. The number of fused-ring (bicyclic) bond motifs is 1. The van der Waals surface area contributed by atoms with Gasteiger partial charge >= 0.3 is 5.97 Å². The van der Waals surface area contributed by atoms with Crippen molar-refractivity contribution in [3.05, 3.63) is 34.5 Å². The molecule has 38 heavy (non-hydrogen) atoms. The second-order valence-corrected chi connectivity index (χ2v) is 8.41. The Morgan fingerprint density at radius 1 is 0.974 bits per heavy atom. The molecule has 0 amide bonds. The summed E-state index contributed by atoms with van der Waals surface area (Å²) in [7, 11) is 1.20. The molecule has 204 valence electrons. The quantitative estimate of drug-likeness (QED) is 0.163. The van der Waals surface area contributed by atoms with Crippen LogP contribution >= 0.6 is 0 Å². The predicted molar refractivity (Wildman–Crippen MR) is 125 cm³/mol. The molecule has 5 unspecified atom stereocenters. The molecule has 0 saturated carbocycles. The minimum absolute atomic E-state index is 0.0867. The van der Waals surface area contributed by atoms with Crippen molar-refractivity contribution in [1.29, 1.82) is 0 Å². The smallest absolute Gasteiger partial charge is 0.302 e. The van der Waals surface area contributed by atoms with Crippen molar-refractivity contribution in [3.63, 3.8) is 0 Å². The lowest BCUT2D eigenvalue weighted by Crippen LogP contribution is -2.60. The number of carbonyl (C=O) groups is 1. The summed E-state index contributed by atoms with van der Waals surface area (Å²) in [6.07, 6.45) is -8.67. The summed E-state index contributed by atoms with van der Waals surface area (Å²) in [6, 6.07) is 4.08. The Balaban J connectivity index is 1.88. The monoisotopic (exact) mass is 536 g/mol. The van der Waals surface area contributed by atoms with Crippen LogP contribution in [-0.2, 0) is 14.3 Å². The third-order valence-electron chi connectivity index (χ3n) is 5.81. The number of aromatic hydroxyl groups is 4. The van der Waals surface area contributed by atoms with Crippen LogP contribution in [0.5, 0.6) is 34.5 Å². The molecule has 7 N–H and O–H groups in total. The summed E-state index contributed by atoms with van der Waals surface area (Å²) in [5.41, 5.74) is -1.40. The molecule has 1 saturated heterocycles. The second-order valence-electron chi connectivity index (χ2n) is 8.41. The number of benzene rings is 2. The van der Waals surface area contributed by atoms with Crippen molar-refractivity contribution in [1.82, 2.24) is 0 Å². The first-order valence-corrected chi connectivity index (χ1v) is 11.1. The lowest BCUT2D eigenvalue weighted by atomic mass is 9.99. The van der Waals surface area contributed by atoms with Crippen LogP contribution in [0.3, 0.4) is 0 Å². The molecule has 1 fully saturated rings. The Kier molecular flexibility index (Phi) is 7.24. The van der Waals surface area contributed by atoms with E-state index in [2.05, 4.69) is 0 Å². The number of aliphatic hydroxyl groups excluding tert-OH is 3. The van der Waals surface area contributed by atoms with Crippen molar-refractivity contribution < 1.29 is 63.9 Å². The van der Waals surface area contributed by atoms with E-state index in [1.54, 1.807) is 0 Å². The summed E-state index contributed by atoms with van der Waals surface area (Å²) in [6.45, 7) is 0.578. The number of aliphatic hydroxyl groups is 3. The Hall–Kier alpha value is -4.24. The third-order valence-corrected chi connectivity index (χ3v) is 5.81. The van der Waals surface area contributed by atoms with Gasteiger partial charge in [0.25, 0.3) is 0 Å². The zero-order valence-corrected chi connectivity index (χ0v) is 19.9. The van der Waals surface area contributed by atoms with Gasteiger partial charge in [0.05, 0.1) is 7.11 Å². The Labute approximate surface area is 213 Å². The lowest BCUT2D eigenvalue weighted by molar-refractivity contribution is -0.278. The molecular formula is C24H24O14. The van der Waals surface area contributed by atoms with Gasteiger partial charge in [-0.1, -0.05) is 0 Å². The third kappa shape index (κ3) is 4.84. The normalized spacial score (nSPS) is 23.2. The van der Waals surface area contributed by atoms with E-state index in [9.17, 15) is 45.3 Å². The number of hydrogen-bond donors (Lipinski definition) is 7. The van der Waals surface area contributed by atoms with Crippen LogP contribution < -0.4 is 14.9 Å². The van der Waals surface area contributed by atoms with Crippen LogP contribution in [0.4, 0.5) is 0 Å². The summed E-state index contributed by atoms with van der Waals surface area (Å²) in [4.78, 5) is 24.7. The molecule has 5 atom stereocenters. The van der Waals surface area contributed by atoms with E-state index in [4.69, 9.17) is 23.4 Å². The number of phenols is 4. The van der Waals surface area contributed by atoms with Crippen LogP contribution in [-0.4, -0.2) is 86.1 Å². The van der Waals surface area contributed by atoms with Crippen molar-refractivity contribution in [2.75, 3.05) is 13.7 Å². The molecule has 3 aromatic rings. The largest absolute Gasteiger partial charge is 0.508 e. The predicted octanol–water partition coefficient (Wildman–Crippen LogP) is 0.0405. The first-order valence-electron chi connectivity index (χ1n) is 11.1. The van der Waals surface area contributed by atoms with Gasteiger partial charge in [-0.15, -0.1) is 0 Å². The number of rotatable bonds is 6. The van der Waals surface area contributed by atoms with E-state index < -0.39 is 88.6 Å². The molecule has 0 aliphatic carbocycles. The van der Waals surface area contributed by atoms with Crippen LogP contribution in [0.25, 0.3) is 22.3 Å². The topological polar surface area (TPSA) is 226 Å². The maximum atomic E-state index is 13.5. The maximum absolute atomic E-state index is 13.5. The van der Waals surface area contributed by atoms with Crippen molar-refractivity contribution in [2.24, 2.45) is 0 Å². The van der Waals surface area contributed by atoms with Crippen LogP contribution in [0, 0.1) is 0 Å². The molecule has 0 radical (unpaired) electrons. The maximum Gasteiger partial charge on any atom is 0.302 e. The molecular weight excluding hydrogens is 512 g/mol. The molecule has 1 aromatic heterocycles. The second kappa shape index (κ2) is 10.3. The van der Waals surface area contributed by atoms with Crippen molar-refractivity contribution >= 4 is 16.9 Å². The van der Waals surface area contributed by atoms with Gasteiger partial charge in [0.2, 0.25) is 23.2 Å². The van der Waals surface area contributed by atoms with Crippen LogP contribution in [0.15, 0.2) is 33.5 Å². The minimum Gasteiger partial charge on any atom is -0.508 e. The number of methoxy groups -OCH3 is 1. The highest BCUT2D eigenvalue weighted by molar-refractivity contribution is 5.88. The first-order chi connectivity index (χ1) is 17.9. The fourth-order valence-electron chi connectivity index (χ4n) is 3.91. The summed E-state index contributed by atoms with van der Waals surface area (Å²) >= 11 is 0. The van der Waals surface area contributed by atoms with E-state index >= 15 is 0 Å². The number of carbonyl (C=O) groups excluding carboxylic acids is 1. The van der Waals surface area contributed by atoms with Crippen molar-refractivity contribution in [3.8, 4) is 45.8 Å². The highest BCUT2D eigenvalue weighted by atomic mass is 16.7. The van der Waals surface area contributed by atoms with Gasteiger partial charge in [-0.3, -0.25) is 9.59 Å². The van der Waals surface area contributed by atoms with Gasteiger partial charge in [0, 0.05) is 24.6 Å². The average Bonchev–Trinajstić information content (AvgIpc) is 2.85. The molecule has 1 aliphatic heterocycles. The standard InChI is InChI=1S/C24H24O14/c1-8(25)35-7-15-18(30)20(32)21(33)24(37-15)38-23-19(31)16-11(27)5-10(26)6-13(16)36-22(23)9-3-12(28)17(29)14(4-9)34-2/h3-6,15,18,20-21,24,26-30,32-33H,7H2,1-2H3. The zero-order valence-electron chi connectivity index (χ0n) is 19.9. The van der Waals surface area contributed by atoms with Crippen molar-refractivity contribution in [2.45, 2.75) is 37.6 Å². The van der Waals surface area contributed by atoms with Crippen LogP contribution in [0.2, 0.25) is 0 Å². The zero-order chi connectivity index (χ0) is 27.9. The molecule has 1 aliphatic rings. The number of esters is 1. The summed E-state index contributed by atoms with van der Waals surface area (Å²) < 4.78 is 26.7. The van der Waals surface area contributed by atoms with E-state index in [-0.39, 0.29) is 16.9 Å². The molecule has 4 rings (SSSR count). The Morgan fingerprint density at radius 3 is 2.34 bits per heavy atom. The molecule has 0 bridgehead atoms. The first kappa shape index (κ1) is 26.8. The van der Waals surface area contributed by atoms with E-state index in [0.717, 1.165) is 25.1 Å². The van der Waals surface area contributed by atoms with Gasteiger partial charge in [0.15, 0.2) is 17.3 Å². The van der Waals surface area contributed by atoms with Crippen LogP contribution in [0.1, 0.15) is 6.92 Å². The van der Waals surface area contributed by atoms with E-state index in [1.165, 1.54) is 13.2 Å². The molecule has 2 aromatic carbocycles. The summed E-state index contributed by atoms with van der Waals surface area (Å²) in [5, 5.41) is 71.0. The van der Waals surface area contributed by atoms with Gasteiger partial charge < -0.3 is 59.1 Å². The molecule has 14 heteroatoms. The number of hydrogen-bond acceptors (Lipinski definition) is 14. The fraction of sp³-hybridized carbons (Fsp3) is 0.333. The number of phenolic OH excluding ortho intramolecular Hbond substituents is 4. The fourth-order valence-corrected chi connectivity index (χ4v) is 3.91. The average molecular weight is 536 g/mol. The number of ether oxygens (including phenoxy) is 4. The SMILES string of the molecule is COc1cc(-c2oc3cc(O)cc(O)c3c(=O)c2OC2OC(COC(C)=O)C(O)C(O)C2O)cc(O)c1O. The highest BCUT2D eigenvalue weighted by Crippen LogP contribution is 2.43. The molecule has 14 nitrogen and oxygen atoms in total. The lowest BCUT2D eigenvalue weighted by Gasteiger charge is -2.39. The molecule has 0 spiro atoms. The van der Waals surface area contributed by atoms with Gasteiger partial charge in [-0.25, -0.2) is 0 Å². The highest BCUT2D eigenvalue weighted by Gasteiger charge is 2.46. The van der Waals surface area contributed by atoms with Gasteiger partial charge in [0.1, 0.15) is 53.5 Å². The van der Waals surface area contributed by atoms with Gasteiger partial charge in [-0.2, -0.15) is 0 Å². The summed E-state index contributed by atoms with van der Waals surface area (Å²) in [5.74, 6) is -4.45. The minimum atomic E-state index is -1.92. The van der Waals surface area contributed by atoms with Gasteiger partial charge in [-0.05, 0) is 12.1 Å². The van der Waals surface area contributed by atoms with E-state index in [1.807, 2.05) is 0 Å². The Bertz CT molecular complexity index is 1430.